The number of fused-ring (bicyclic) bond motifs is 2. The molecule has 0 N–H and O–H groups in total. The molecule has 0 amide bonds. The first kappa shape index (κ1) is 34.8. The van der Waals surface area contributed by atoms with Crippen molar-refractivity contribution in [3.05, 3.63) is 201 Å². The lowest BCUT2D eigenvalue weighted by atomic mass is 10.0. The molecule has 0 saturated carbocycles. The quantitative estimate of drug-likeness (QED) is 0.152. The molecular formula is C51H33N9. The lowest BCUT2D eigenvalue weighted by Crippen LogP contribution is -2.06. The first-order valence-corrected chi connectivity index (χ1v) is 19.6. The van der Waals surface area contributed by atoms with Gasteiger partial charge in [-0.1, -0.05) is 103 Å². The van der Waals surface area contributed by atoms with E-state index in [4.69, 9.17) is 24.9 Å². The SMILES string of the molecule is c1ccc(-c2ccc(-c3nc(-c4ccccc4-n4c(-c5ccncc5)nc5ccccc54)nc(-c4ccccc4-n4c(-c5ccncc5)nc5ccccc54)n3)cc2)cc1. The van der Waals surface area contributed by atoms with Gasteiger partial charge in [0.1, 0.15) is 11.6 Å². The van der Waals surface area contributed by atoms with E-state index >= 15 is 0 Å². The zero-order chi connectivity index (χ0) is 39.8. The van der Waals surface area contributed by atoms with E-state index in [2.05, 4.69) is 104 Å². The van der Waals surface area contributed by atoms with Gasteiger partial charge in [0, 0.05) is 52.6 Å². The maximum atomic E-state index is 5.36. The highest BCUT2D eigenvalue weighted by atomic mass is 15.1. The zero-order valence-electron chi connectivity index (χ0n) is 32.1. The van der Waals surface area contributed by atoms with Crippen LogP contribution in [0.1, 0.15) is 0 Å². The second-order valence-corrected chi connectivity index (χ2v) is 14.3. The highest BCUT2D eigenvalue weighted by molar-refractivity contribution is 5.88. The summed E-state index contributed by atoms with van der Waals surface area (Å²) >= 11 is 0. The summed E-state index contributed by atoms with van der Waals surface area (Å²) in [5, 5.41) is 0. The van der Waals surface area contributed by atoms with Crippen LogP contribution >= 0.6 is 0 Å². The van der Waals surface area contributed by atoms with Crippen LogP contribution in [0.3, 0.4) is 0 Å². The molecule has 6 aromatic carbocycles. The van der Waals surface area contributed by atoms with Crippen LogP contribution in [0.15, 0.2) is 201 Å². The van der Waals surface area contributed by atoms with Crippen molar-refractivity contribution in [3.8, 4) is 79.4 Å². The topological polar surface area (TPSA) is 100 Å². The third-order valence-electron chi connectivity index (χ3n) is 10.7. The summed E-state index contributed by atoms with van der Waals surface area (Å²) in [6.07, 6.45) is 7.16. The van der Waals surface area contributed by atoms with E-state index in [0.717, 1.165) is 84.0 Å². The van der Waals surface area contributed by atoms with Crippen LogP contribution in [0, 0.1) is 0 Å². The Kier molecular flexibility index (Phi) is 8.59. The van der Waals surface area contributed by atoms with Gasteiger partial charge in [-0.15, -0.1) is 0 Å². The summed E-state index contributed by atoms with van der Waals surface area (Å²) in [6, 6.07) is 59.5. The second-order valence-electron chi connectivity index (χ2n) is 14.3. The molecule has 0 radical (unpaired) electrons. The van der Waals surface area contributed by atoms with Gasteiger partial charge in [0.05, 0.1) is 33.4 Å². The number of pyridine rings is 2. The van der Waals surface area contributed by atoms with Crippen molar-refractivity contribution in [2.75, 3.05) is 0 Å². The summed E-state index contributed by atoms with van der Waals surface area (Å²) < 4.78 is 4.37. The first-order valence-electron chi connectivity index (χ1n) is 19.6. The minimum Gasteiger partial charge on any atom is -0.292 e. The number of rotatable bonds is 8. The standard InChI is InChI=1S/C51H33N9/c1-2-12-34(13-3-1)35-22-24-36(25-23-35)47-56-48(39-14-4-8-18-43(39)59-45-20-10-6-16-41(45)54-50(59)37-26-30-52-31-27-37)58-49(57-47)40-15-5-9-19-44(40)60-46-21-11-7-17-42(46)55-51(60)38-28-32-53-33-29-38/h1-33H. The number of aromatic nitrogens is 9. The number of hydrogen-bond acceptors (Lipinski definition) is 7. The van der Waals surface area contributed by atoms with Crippen molar-refractivity contribution in [1.29, 1.82) is 0 Å². The fourth-order valence-corrected chi connectivity index (χ4v) is 7.83. The van der Waals surface area contributed by atoms with E-state index in [-0.39, 0.29) is 0 Å². The molecule has 0 spiro atoms. The molecule has 0 unspecified atom stereocenters. The largest absolute Gasteiger partial charge is 0.292 e. The van der Waals surface area contributed by atoms with Gasteiger partial charge in [0.2, 0.25) is 0 Å². The van der Waals surface area contributed by atoms with Crippen molar-refractivity contribution >= 4 is 22.1 Å². The number of nitrogens with zero attached hydrogens (tertiary/aromatic N) is 9. The van der Waals surface area contributed by atoms with Crippen molar-refractivity contribution in [2.45, 2.75) is 0 Å². The van der Waals surface area contributed by atoms with Crippen molar-refractivity contribution in [1.82, 2.24) is 44.0 Å². The Labute approximate surface area is 345 Å². The van der Waals surface area contributed by atoms with E-state index in [1.807, 2.05) is 91.0 Å². The Morgan fingerprint density at radius 1 is 0.283 bits per heavy atom. The van der Waals surface area contributed by atoms with Gasteiger partial charge in [-0.2, -0.15) is 0 Å². The Balaban J connectivity index is 1.15. The third-order valence-corrected chi connectivity index (χ3v) is 10.7. The van der Waals surface area contributed by atoms with Crippen LogP contribution < -0.4 is 0 Å². The second kappa shape index (κ2) is 14.8. The molecule has 0 saturated heterocycles. The summed E-state index contributed by atoms with van der Waals surface area (Å²) in [5.41, 5.74) is 12.1. The van der Waals surface area contributed by atoms with Crippen LogP contribution in [0.5, 0.6) is 0 Å². The van der Waals surface area contributed by atoms with Crippen LogP contribution in [0.2, 0.25) is 0 Å². The summed E-state index contributed by atoms with van der Waals surface area (Å²) in [5.74, 6) is 3.18. The molecule has 9 heteroatoms. The zero-order valence-corrected chi connectivity index (χ0v) is 32.1. The lowest BCUT2D eigenvalue weighted by Gasteiger charge is -2.17. The summed E-state index contributed by atoms with van der Waals surface area (Å²) in [7, 11) is 0. The molecule has 60 heavy (non-hydrogen) atoms. The smallest absolute Gasteiger partial charge is 0.166 e. The molecule has 0 aliphatic carbocycles. The summed E-state index contributed by atoms with van der Waals surface area (Å²) in [6.45, 7) is 0. The Hall–Kier alpha value is -8.43. The van der Waals surface area contributed by atoms with E-state index in [1.165, 1.54) is 0 Å². The van der Waals surface area contributed by atoms with Crippen LogP contribution in [0.25, 0.3) is 102 Å². The molecular weight excluding hydrogens is 739 g/mol. The normalized spacial score (nSPS) is 11.3. The van der Waals surface area contributed by atoms with E-state index in [9.17, 15) is 0 Å². The maximum absolute atomic E-state index is 5.36. The van der Waals surface area contributed by atoms with Crippen LogP contribution in [-0.2, 0) is 0 Å². The highest BCUT2D eigenvalue weighted by Crippen LogP contribution is 2.37. The molecule has 0 bridgehead atoms. The van der Waals surface area contributed by atoms with Crippen molar-refractivity contribution < 1.29 is 0 Å². The van der Waals surface area contributed by atoms with Gasteiger partial charge >= 0.3 is 0 Å². The molecule has 5 aromatic heterocycles. The minimum absolute atomic E-state index is 0.524. The number of hydrogen-bond donors (Lipinski definition) is 0. The van der Waals surface area contributed by atoms with E-state index < -0.39 is 0 Å². The number of imidazole rings is 2. The van der Waals surface area contributed by atoms with Crippen molar-refractivity contribution in [3.63, 3.8) is 0 Å². The minimum atomic E-state index is 0.524. The molecule has 0 aliphatic rings. The van der Waals surface area contributed by atoms with Gasteiger partial charge in [0.15, 0.2) is 17.5 Å². The molecule has 5 heterocycles. The van der Waals surface area contributed by atoms with Crippen LogP contribution in [-0.4, -0.2) is 44.0 Å². The monoisotopic (exact) mass is 771 g/mol. The fraction of sp³-hybridized carbons (Fsp3) is 0. The van der Waals surface area contributed by atoms with Crippen LogP contribution in [0.4, 0.5) is 0 Å². The number of para-hydroxylation sites is 6. The van der Waals surface area contributed by atoms with Gasteiger partial charge in [-0.3, -0.25) is 19.1 Å². The average molecular weight is 772 g/mol. The maximum Gasteiger partial charge on any atom is 0.166 e. The third kappa shape index (κ3) is 6.18. The molecule has 9 nitrogen and oxygen atoms in total. The Bertz CT molecular complexity index is 3130. The predicted molar refractivity (Wildman–Crippen MR) is 237 cm³/mol. The molecule has 0 aliphatic heterocycles. The van der Waals surface area contributed by atoms with E-state index in [0.29, 0.717) is 17.5 Å². The van der Waals surface area contributed by atoms with Gasteiger partial charge in [-0.25, -0.2) is 24.9 Å². The lowest BCUT2D eigenvalue weighted by molar-refractivity contribution is 1.04. The average Bonchev–Trinajstić information content (AvgIpc) is 3.92. The highest BCUT2D eigenvalue weighted by Gasteiger charge is 2.23. The molecule has 11 rings (SSSR count). The first-order chi connectivity index (χ1) is 29.8. The Morgan fingerprint density at radius 2 is 0.683 bits per heavy atom. The molecule has 282 valence electrons. The summed E-state index contributed by atoms with van der Waals surface area (Å²) in [4.78, 5) is 34.7. The Morgan fingerprint density at radius 3 is 1.20 bits per heavy atom. The molecule has 0 atom stereocenters. The van der Waals surface area contributed by atoms with E-state index in [1.54, 1.807) is 24.8 Å². The molecule has 11 aromatic rings. The molecule has 0 fully saturated rings. The fourth-order valence-electron chi connectivity index (χ4n) is 7.83. The number of benzene rings is 6. The predicted octanol–water partition coefficient (Wildman–Crippen LogP) is 11.3. The van der Waals surface area contributed by atoms with Gasteiger partial charge in [0.25, 0.3) is 0 Å². The van der Waals surface area contributed by atoms with Crippen molar-refractivity contribution in [2.24, 2.45) is 0 Å². The van der Waals surface area contributed by atoms with Gasteiger partial charge < -0.3 is 0 Å². The van der Waals surface area contributed by atoms with Gasteiger partial charge in [-0.05, 0) is 83.9 Å².